The van der Waals surface area contributed by atoms with Crippen molar-refractivity contribution in [3.05, 3.63) is 136 Å². The van der Waals surface area contributed by atoms with E-state index in [-0.39, 0.29) is 0 Å². The van der Waals surface area contributed by atoms with E-state index in [1.54, 1.807) is 6.07 Å². The molecule has 1 aromatic heterocycles. The van der Waals surface area contributed by atoms with Crippen molar-refractivity contribution in [3.8, 4) is 6.07 Å². The summed E-state index contributed by atoms with van der Waals surface area (Å²) in [6.45, 7) is 0. The molecule has 0 bridgehead atoms. The Kier molecular flexibility index (Phi) is 5.06. The Morgan fingerprint density at radius 3 is 1.79 bits per heavy atom. The van der Waals surface area contributed by atoms with Gasteiger partial charge in [0.25, 0.3) is 0 Å². The Labute approximate surface area is 173 Å². The molecule has 2 nitrogen and oxygen atoms in total. The zero-order chi connectivity index (χ0) is 19.4. The van der Waals surface area contributed by atoms with Crippen molar-refractivity contribution in [2.24, 2.45) is 0 Å². The highest BCUT2D eigenvalue weighted by atomic mass is 79.9. The van der Waals surface area contributed by atoms with Crippen LogP contribution in [0.1, 0.15) is 27.9 Å². The van der Waals surface area contributed by atoms with E-state index in [0.717, 1.165) is 26.7 Å². The quantitative estimate of drug-likeness (QED) is 0.371. The van der Waals surface area contributed by atoms with Gasteiger partial charge in [0.2, 0.25) is 0 Å². The van der Waals surface area contributed by atoms with E-state index in [1.165, 1.54) is 0 Å². The Bertz CT molecular complexity index is 1080. The van der Waals surface area contributed by atoms with Crippen LogP contribution in [0.5, 0.6) is 0 Å². The largest absolute Gasteiger partial charge is 0.245 e. The highest BCUT2D eigenvalue weighted by Crippen LogP contribution is 2.45. The summed E-state index contributed by atoms with van der Waals surface area (Å²) >= 11 is 3.64. The minimum absolute atomic E-state index is 0.410. The van der Waals surface area contributed by atoms with Crippen molar-refractivity contribution >= 4 is 15.9 Å². The molecule has 0 radical (unpaired) electrons. The summed E-state index contributed by atoms with van der Waals surface area (Å²) in [6, 6.07) is 35.1. The van der Waals surface area contributed by atoms with Gasteiger partial charge in [-0.1, -0.05) is 94.8 Å². The van der Waals surface area contributed by atoms with Gasteiger partial charge < -0.3 is 0 Å². The third-order valence-corrected chi connectivity index (χ3v) is 5.48. The summed E-state index contributed by atoms with van der Waals surface area (Å²) < 4.78 is 1.02. The number of hydrogen-bond donors (Lipinski definition) is 0. The van der Waals surface area contributed by atoms with Crippen LogP contribution in [0.3, 0.4) is 0 Å². The van der Waals surface area contributed by atoms with Crippen LogP contribution >= 0.6 is 15.9 Å². The number of hydrogen-bond acceptors (Lipinski definition) is 2. The predicted octanol–water partition coefficient (Wildman–Crippen LogP) is 6.10. The number of halogens is 1. The van der Waals surface area contributed by atoms with Crippen molar-refractivity contribution in [1.82, 2.24) is 4.98 Å². The third kappa shape index (κ3) is 3.13. The Hall–Kier alpha value is -3.22. The van der Waals surface area contributed by atoms with Crippen molar-refractivity contribution in [2.45, 2.75) is 5.41 Å². The minimum atomic E-state index is -0.548. The Morgan fingerprint density at radius 1 is 0.679 bits per heavy atom. The highest BCUT2D eigenvalue weighted by molar-refractivity contribution is 9.10. The molecule has 0 saturated carbocycles. The number of pyridine rings is 1. The number of benzene rings is 3. The van der Waals surface area contributed by atoms with E-state index >= 15 is 0 Å². The van der Waals surface area contributed by atoms with Gasteiger partial charge in [0.15, 0.2) is 0 Å². The lowest BCUT2D eigenvalue weighted by Crippen LogP contribution is -2.31. The average molecular weight is 425 g/mol. The first-order valence-corrected chi connectivity index (χ1v) is 9.78. The molecule has 0 aliphatic rings. The predicted molar refractivity (Wildman–Crippen MR) is 115 cm³/mol. The molecule has 0 atom stereocenters. The molecule has 3 aromatic carbocycles. The number of rotatable bonds is 4. The first-order valence-electron chi connectivity index (χ1n) is 8.99. The fourth-order valence-electron chi connectivity index (χ4n) is 3.78. The van der Waals surface area contributed by atoms with Gasteiger partial charge >= 0.3 is 0 Å². The molecule has 0 fully saturated rings. The SMILES string of the molecule is N#Cc1ccc(C(c2ccccc2)(c2ccccc2)c2cccc(Br)c2)cn1. The molecule has 0 aliphatic carbocycles. The van der Waals surface area contributed by atoms with E-state index in [0.29, 0.717) is 5.69 Å². The maximum Gasteiger partial charge on any atom is 0.140 e. The van der Waals surface area contributed by atoms with Crippen molar-refractivity contribution < 1.29 is 0 Å². The zero-order valence-electron chi connectivity index (χ0n) is 15.1. The van der Waals surface area contributed by atoms with Gasteiger partial charge in [-0.05, 0) is 40.5 Å². The van der Waals surface area contributed by atoms with Gasteiger partial charge in [0.1, 0.15) is 11.8 Å². The van der Waals surface area contributed by atoms with Crippen LogP contribution < -0.4 is 0 Å². The molecule has 0 aliphatic heterocycles. The fourth-order valence-corrected chi connectivity index (χ4v) is 4.18. The van der Waals surface area contributed by atoms with Crippen molar-refractivity contribution in [1.29, 1.82) is 5.26 Å². The Balaban J connectivity index is 2.12. The molecule has 1 heterocycles. The third-order valence-electron chi connectivity index (χ3n) is 4.98. The van der Waals surface area contributed by atoms with Gasteiger partial charge in [-0.3, -0.25) is 0 Å². The fraction of sp³-hybridized carbons (Fsp3) is 0.0400. The van der Waals surface area contributed by atoms with Crippen LogP contribution in [0, 0.1) is 11.3 Å². The van der Waals surface area contributed by atoms with Gasteiger partial charge in [-0.15, -0.1) is 0 Å². The monoisotopic (exact) mass is 424 g/mol. The van der Waals surface area contributed by atoms with E-state index in [4.69, 9.17) is 0 Å². The summed E-state index contributed by atoms with van der Waals surface area (Å²) in [7, 11) is 0. The molecule has 0 saturated heterocycles. The zero-order valence-corrected chi connectivity index (χ0v) is 16.7. The highest BCUT2D eigenvalue weighted by Gasteiger charge is 2.38. The standard InChI is InChI=1S/C25H17BrN2/c26-23-13-7-12-21(16-23)25(19-8-3-1-4-9-19,20-10-5-2-6-11-20)22-14-15-24(17-27)28-18-22/h1-16,18H. The van der Waals surface area contributed by atoms with Crippen LogP contribution in [0.15, 0.2) is 108 Å². The van der Waals surface area contributed by atoms with Gasteiger partial charge in [-0.2, -0.15) is 5.26 Å². The second kappa shape index (κ2) is 7.80. The molecule has 0 spiro atoms. The first-order chi connectivity index (χ1) is 13.7. The van der Waals surface area contributed by atoms with E-state index in [1.807, 2.05) is 30.5 Å². The minimum Gasteiger partial charge on any atom is -0.245 e. The molecular weight excluding hydrogens is 408 g/mol. The molecular formula is C25H17BrN2. The normalized spacial score (nSPS) is 11.0. The average Bonchev–Trinajstić information content (AvgIpc) is 2.76. The molecule has 0 N–H and O–H groups in total. The topological polar surface area (TPSA) is 36.7 Å². The number of aromatic nitrogens is 1. The second-order valence-corrected chi connectivity index (χ2v) is 7.45. The van der Waals surface area contributed by atoms with Gasteiger partial charge in [0.05, 0.1) is 5.41 Å². The van der Waals surface area contributed by atoms with Crippen LogP contribution in [-0.2, 0) is 5.41 Å². The summed E-state index contributed by atoms with van der Waals surface area (Å²) in [5.74, 6) is 0. The van der Waals surface area contributed by atoms with Crippen molar-refractivity contribution in [3.63, 3.8) is 0 Å². The molecule has 28 heavy (non-hydrogen) atoms. The van der Waals surface area contributed by atoms with E-state index < -0.39 is 5.41 Å². The molecule has 3 heteroatoms. The summed E-state index contributed by atoms with van der Waals surface area (Å²) in [4.78, 5) is 4.39. The molecule has 0 unspecified atom stereocenters. The number of nitrogens with zero attached hydrogens (tertiary/aromatic N) is 2. The molecule has 4 aromatic rings. The van der Waals surface area contributed by atoms with Crippen LogP contribution in [0.4, 0.5) is 0 Å². The maximum atomic E-state index is 9.20. The van der Waals surface area contributed by atoms with Crippen LogP contribution in [-0.4, -0.2) is 4.98 Å². The molecule has 4 rings (SSSR count). The van der Waals surface area contributed by atoms with Crippen molar-refractivity contribution in [2.75, 3.05) is 0 Å². The lowest BCUT2D eigenvalue weighted by molar-refractivity contribution is 0.739. The van der Waals surface area contributed by atoms with Gasteiger partial charge in [-0.25, -0.2) is 4.98 Å². The maximum absolute atomic E-state index is 9.20. The lowest BCUT2D eigenvalue weighted by Gasteiger charge is -2.36. The summed E-state index contributed by atoms with van der Waals surface area (Å²) in [6.07, 6.45) is 1.82. The number of nitriles is 1. The van der Waals surface area contributed by atoms with E-state index in [9.17, 15) is 5.26 Å². The first kappa shape index (κ1) is 18.2. The van der Waals surface area contributed by atoms with Crippen LogP contribution in [0.25, 0.3) is 0 Å². The van der Waals surface area contributed by atoms with Gasteiger partial charge in [0, 0.05) is 10.7 Å². The molecule has 134 valence electrons. The van der Waals surface area contributed by atoms with Crippen LogP contribution in [0.2, 0.25) is 0 Å². The Morgan fingerprint density at radius 2 is 1.29 bits per heavy atom. The summed E-state index contributed by atoms with van der Waals surface area (Å²) in [5, 5.41) is 9.20. The lowest BCUT2D eigenvalue weighted by atomic mass is 9.65. The smallest absolute Gasteiger partial charge is 0.140 e. The second-order valence-electron chi connectivity index (χ2n) is 6.54. The van der Waals surface area contributed by atoms with E-state index in [2.05, 4.69) is 93.7 Å². The summed E-state index contributed by atoms with van der Waals surface area (Å²) in [5.41, 5.74) is 4.30. The molecule has 0 amide bonds.